The van der Waals surface area contributed by atoms with Crippen molar-refractivity contribution in [3.05, 3.63) is 64.7 Å². The lowest BCUT2D eigenvalue weighted by atomic mass is 10.1. The number of aromatic nitrogens is 4. The van der Waals surface area contributed by atoms with E-state index in [9.17, 15) is 0 Å². The smallest absolute Gasteiger partial charge is 0.170 e. The summed E-state index contributed by atoms with van der Waals surface area (Å²) in [7, 11) is 0. The highest BCUT2D eigenvalue weighted by Crippen LogP contribution is 2.21. The number of anilines is 1. The average Bonchev–Trinajstić information content (AvgIpc) is 3.19. The SMILES string of the molecule is Cc1cnn(CCCNC(=S)Nc2c(C)nn(Cc3ccccc3C)c2C)c1. The second-order valence-corrected chi connectivity index (χ2v) is 7.55. The number of nitrogens with zero attached hydrogens (tertiary/aromatic N) is 4. The Morgan fingerprint density at radius 1 is 1.14 bits per heavy atom. The van der Waals surface area contributed by atoms with Gasteiger partial charge in [0.15, 0.2) is 5.11 Å². The van der Waals surface area contributed by atoms with Crippen LogP contribution in [-0.4, -0.2) is 31.2 Å². The molecular formula is C21H28N6S. The van der Waals surface area contributed by atoms with Crippen LogP contribution in [0, 0.1) is 27.7 Å². The van der Waals surface area contributed by atoms with Gasteiger partial charge >= 0.3 is 0 Å². The maximum Gasteiger partial charge on any atom is 0.170 e. The monoisotopic (exact) mass is 396 g/mol. The van der Waals surface area contributed by atoms with Gasteiger partial charge in [-0.1, -0.05) is 24.3 Å². The third-order valence-corrected chi connectivity index (χ3v) is 5.06. The fourth-order valence-electron chi connectivity index (χ4n) is 3.17. The van der Waals surface area contributed by atoms with E-state index in [2.05, 4.69) is 53.8 Å². The van der Waals surface area contributed by atoms with Crippen LogP contribution in [0.15, 0.2) is 36.7 Å². The van der Waals surface area contributed by atoms with Crippen LogP contribution in [0.4, 0.5) is 5.69 Å². The van der Waals surface area contributed by atoms with Gasteiger partial charge in [0.2, 0.25) is 0 Å². The first-order chi connectivity index (χ1) is 13.4. The van der Waals surface area contributed by atoms with Gasteiger partial charge in [-0.25, -0.2) is 0 Å². The summed E-state index contributed by atoms with van der Waals surface area (Å²) in [6.07, 6.45) is 4.87. The summed E-state index contributed by atoms with van der Waals surface area (Å²) in [5.41, 5.74) is 6.73. The minimum absolute atomic E-state index is 0.623. The van der Waals surface area contributed by atoms with Crippen LogP contribution in [0.2, 0.25) is 0 Å². The minimum atomic E-state index is 0.623. The van der Waals surface area contributed by atoms with E-state index < -0.39 is 0 Å². The molecule has 2 N–H and O–H groups in total. The Bertz CT molecular complexity index is 956. The lowest BCUT2D eigenvalue weighted by Crippen LogP contribution is -2.30. The number of hydrogen-bond acceptors (Lipinski definition) is 3. The second-order valence-electron chi connectivity index (χ2n) is 7.15. The summed E-state index contributed by atoms with van der Waals surface area (Å²) in [6, 6.07) is 8.40. The maximum atomic E-state index is 5.47. The summed E-state index contributed by atoms with van der Waals surface area (Å²) in [5.74, 6) is 0. The molecule has 2 heterocycles. The molecule has 6 nitrogen and oxygen atoms in total. The summed E-state index contributed by atoms with van der Waals surface area (Å²) < 4.78 is 3.99. The normalized spacial score (nSPS) is 10.9. The Kier molecular flexibility index (Phi) is 6.46. The molecule has 148 valence electrons. The molecule has 0 aliphatic carbocycles. The van der Waals surface area contributed by atoms with Crippen LogP contribution in [0.25, 0.3) is 0 Å². The lowest BCUT2D eigenvalue weighted by molar-refractivity contribution is 0.573. The number of thiocarbonyl (C=S) groups is 1. The molecule has 1 aromatic carbocycles. The number of nitrogens with one attached hydrogen (secondary N) is 2. The summed E-state index contributed by atoms with van der Waals surface area (Å²) >= 11 is 5.47. The van der Waals surface area contributed by atoms with Gasteiger partial charge in [-0.15, -0.1) is 0 Å². The number of rotatable bonds is 7. The van der Waals surface area contributed by atoms with Crippen molar-refractivity contribution in [2.24, 2.45) is 0 Å². The van der Waals surface area contributed by atoms with E-state index in [0.29, 0.717) is 5.11 Å². The third kappa shape index (κ3) is 4.98. The number of benzene rings is 1. The quantitative estimate of drug-likeness (QED) is 0.471. The highest BCUT2D eigenvalue weighted by molar-refractivity contribution is 7.80. The van der Waals surface area contributed by atoms with Crippen molar-refractivity contribution in [3.63, 3.8) is 0 Å². The fraction of sp³-hybridized carbons (Fsp3) is 0.381. The molecule has 0 saturated carbocycles. The van der Waals surface area contributed by atoms with Crippen LogP contribution < -0.4 is 10.6 Å². The molecule has 3 aromatic rings. The Morgan fingerprint density at radius 3 is 2.64 bits per heavy atom. The highest BCUT2D eigenvalue weighted by Gasteiger charge is 2.13. The van der Waals surface area contributed by atoms with Gasteiger partial charge in [-0.3, -0.25) is 9.36 Å². The van der Waals surface area contributed by atoms with Crippen molar-refractivity contribution in [2.45, 2.75) is 47.2 Å². The number of hydrogen-bond donors (Lipinski definition) is 2. The maximum absolute atomic E-state index is 5.47. The van der Waals surface area contributed by atoms with E-state index >= 15 is 0 Å². The van der Waals surface area contributed by atoms with Crippen LogP contribution >= 0.6 is 12.2 Å². The zero-order valence-electron chi connectivity index (χ0n) is 17.0. The van der Waals surface area contributed by atoms with Gasteiger partial charge in [-0.05, 0) is 63.0 Å². The third-order valence-electron chi connectivity index (χ3n) is 4.81. The molecule has 0 unspecified atom stereocenters. The molecule has 28 heavy (non-hydrogen) atoms. The van der Waals surface area contributed by atoms with Gasteiger partial charge < -0.3 is 10.6 Å². The Morgan fingerprint density at radius 2 is 1.93 bits per heavy atom. The van der Waals surface area contributed by atoms with E-state index in [0.717, 1.165) is 43.1 Å². The molecule has 0 aliphatic rings. The lowest BCUT2D eigenvalue weighted by Gasteiger charge is -2.12. The van der Waals surface area contributed by atoms with Crippen molar-refractivity contribution in [3.8, 4) is 0 Å². The van der Waals surface area contributed by atoms with Crippen LogP contribution in [0.3, 0.4) is 0 Å². The van der Waals surface area contributed by atoms with Gasteiger partial charge in [0.25, 0.3) is 0 Å². The molecule has 0 amide bonds. The van der Waals surface area contributed by atoms with E-state index in [1.54, 1.807) is 0 Å². The molecule has 0 radical (unpaired) electrons. The van der Waals surface area contributed by atoms with E-state index in [1.807, 2.05) is 35.6 Å². The van der Waals surface area contributed by atoms with Gasteiger partial charge in [0.1, 0.15) is 0 Å². The molecule has 0 atom stereocenters. The van der Waals surface area contributed by atoms with Crippen molar-refractivity contribution < 1.29 is 0 Å². The Hall–Kier alpha value is -2.67. The summed E-state index contributed by atoms with van der Waals surface area (Å²) in [6.45, 7) is 10.7. The molecule has 0 fully saturated rings. The topological polar surface area (TPSA) is 59.7 Å². The van der Waals surface area contributed by atoms with E-state index in [-0.39, 0.29) is 0 Å². The van der Waals surface area contributed by atoms with Gasteiger partial charge in [-0.2, -0.15) is 10.2 Å². The largest absolute Gasteiger partial charge is 0.362 e. The predicted molar refractivity (Wildman–Crippen MR) is 118 cm³/mol. The second kappa shape index (κ2) is 9.01. The molecule has 0 spiro atoms. The van der Waals surface area contributed by atoms with E-state index in [4.69, 9.17) is 17.3 Å². The summed E-state index contributed by atoms with van der Waals surface area (Å²) in [5, 5.41) is 16.2. The zero-order valence-corrected chi connectivity index (χ0v) is 17.8. The van der Waals surface area contributed by atoms with Gasteiger partial charge in [0, 0.05) is 19.3 Å². The molecule has 7 heteroatoms. The number of aryl methyl sites for hydroxylation is 4. The highest BCUT2D eigenvalue weighted by atomic mass is 32.1. The van der Waals surface area contributed by atoms with Crippen molar-refractivity contribution in [2.75, 3.05) is 11.9 Å². The fourth-order valence-corrected chi connectivity index (χ4v) is 3.37. The average molecular weight is 397 g/mol. The first-order valence-corrected chi connectivity index (χ1v) is 9.97. The summed E-state index contributed by atoms with van der Waals surface area (Å²) in [4.78, 5) is 0. The van der Waals surface area contributed by atoms with Crippen LogP contribution in [-0.2, 0) is 13.1 Å². The molecule has 3 rings (SSSR count). The molecule has 0 aliphatic heterocycles. The van der Waals surface area contributed by atoms with E-state index in [1.165, 1.54) is 16.7 Å². The molecule has 0 bridgehead atoms. The van der Waals surface area contributed by atoms with Crippen molar-refractivity contribution in [1.29, 1.82) is 0 Å². The van der Waals surface area contributed by atoms with Crippen molar-refractivity contribution in [1.82, 2.24) is 24.9 Å². The zero-order chi connectivity index (χ0) is 20.1. The van der Waals surface area contributed by atoms with Crippen LogP contribution in [0.5, 0.6) is 0 Å². The standard InChI is InChI=1S/C21H28N6S/c1-15-12-23-26(13-15)11-7-10-22-21(28)24-20-17(3)25-27(18(20)4)14-19-9-6-5-8-16(19)2/h5-6,8-9,12-13H,7,10-11,14H2,1-4H3,(H2,22,24,28). The van der Waals surface area contributed by atoms with Crippen molar-refractivity contribution >= 4 is 23.0 Å². The predicted octanol–water partition coefficient (Wildman–Crippen LogP) is 3.74. The van der Waals surface area contributed by atoms with Crippen LogP contribution in [0.1, 0.15) is 34.5 Å². The molecule has 0 saturated heterocycles. The Balaban J connectivity index is 1.54. The Labute approximate surface area is 172 Å². The molecule has 2 aromatic heterocycles. The first-order valence-electron chi connectivity index (χ1n) is 9.56. The molecular weight excluding hydrogens is 368 g/mol. The van der Waals surface area contributed by atoms with Gasteiger partial charge in [0.05, 0.1) is 29.8 Å². The first kappa shape index (κ1) is 20.1. The minimum Gasteiger partial charge on any atom is -0.362 e.